The summed E-state index contributed by atoms with van der Waals surface area (Å²) in [5.41, 5.74) is 11.2. The Morgan fingerprint density at radius 2 is 1.23 bits per heavy atom. The first kappa shape index (κ1) is 31.8. The Morgan fingerprint density at radius 3 is 1.64 bits per heavy atom. The number of fused-ring (bicyclic) bond motifs is 2. The van der Waals surface area contributed by atoms with Crippen molar-refractivity contribution in [2.24, 2.45) is 0 Å². The SMILES string of the molecule is Nc1nc(F)nc2c1ncn2[C@@H]1O[C@H](CO)C(O)[C@H]1O.Nc1nc(F)nc2c1ncn2[C@@H]1O[C@H](COP(=O)(O)O)C(O)[C@H]1O. The molecule has 2 aliphatic heterocycles. The van der Waals surface area contributed by atoms with E-state index in [-0.39, 0.29) is 34.0 Å². The number of hydrogen-bond acceptors (Lipinski definition) is 17. The molecule has 0 bridgehead atoms. The summed E-state index contributed by atoms with van der Waals surface area (Å²) in [6.45, 7) is -1.13. The van der Waals surface area contributed by atoms with Gasteiger partial charge in [0.15, 0.2) is 46.4 Å². The molecule has 0 aromatic carbocycles. The van der Waals surface area contributed by atoms with Crippen molar-refractivity contribution in [3.05, 3.63) is 24.8 Å². The van der Waals surface area contributed by atoms with Crippen LogP contribution >= 0.6 is 7.82 Å². The van der Waals surface area contributed by atoms with Crippen LogP contribution in [0.25, 0.3) is 22.3 Å². The third kappa shape index (κ3) is 6.02. The summed E-state index contributed by atoms with van der Waals surface area (Å²) in [5.74, 6) is -0.358. The van der Waals surface area contributed by atoms with Crippen LogP contribution < -0.4 is 11.5 Å². The van der Waals surface area contributed by atoms with Gasteiger partial charge in [-0.1, -0.05) is 0 Å². The van der Waals surface area contributed by atoms with Crippen molar-refractivity contribution in [2.75, 3.05) is 24.7 Å². The molecule has 6 heterocycles. The van der Waals surface area contributed by atoms with E-state index in [1.54, 1.807) is 0 Å². The van der Waals surface area contributed by atoms with E-state index < -0.39 is 82.3 Å². The number of anilines is 2. The van der Waals surface area contributed by atoms with Crippen LogP contribution in [-0.2, 0) is 18.6 Å². The fourth-order valence-electron chi connectivity index (χ4n) is 4.57. The number of phosphoric acid groups is 1. The molecule has 0 aliphatic carbocycles. The summed E-state index contributed by atoms with van der Waals surface area (Å²) in [6, 6.07) is 0. The summed E-state index contributed by atoms with van der Waals surface area (Å²) >= 11 is 0. The van der Waals surface area contributed by atoms with E-state index in [0.29, 0.717) is 0 Å². The lowest BCUT2D eigenvalue weighted by atomic mass is 10.1. The number of nitrogens with two attached hydrogens (primary N) is 2. The smallest absolute Gasteiger partial charge is 0.394 e. The Morgan fingerprint density at radius 1 is 0.795 bits per heavy atom. The van der Waals surface area contributed by atoms with Gasteiger partial charge in [-0.25, -0.2) is 14.5 Å². The molecule has 4 aromatic heterocycles. The maximum Gasteiger partial charge on any atom is 0.469 e. The van der Waals surface area contributed by atoms with E-state index >= 15 is 0 Å². The van der Waals surface area contributed by atoms with Crippen molar-refractivity contribution >= 4 is 41.8 Å². The van der Waals surface area contributed by atoms with Crippen LogP contribution in [0.2, 0.25) is 0 Å². The number of aromatic nitrogens is 8. The highest BCUT2D eigenvalue weighted by molar-refractivity contribution is 7.46. The van der Waals surface area contributed by atoms with Crippen molar-refractivity contribution in [2.45, 2.75) is 49.1 Å². The molecule has 6 rings (SSSR count). The van der Waals surface area contributed by atoms with Gasteiger partial charge in [0.05, 0.1) is 25.9 Å². The minimum absolute atomic E-state index is 0.0323. The monoisotopic (exact) mass is 650 g/mol. The third-order valence-corrected chi connectivity index (χ3v) is 7.14. The number of halogens is 2. The van der Waals surface area contributed by atoms with Crippen LogP contribution in [0.15, 0.2) is 12.7 Å². The van der Waals surface area contributed by atoms with Gasteiger partial charge in [-0.2, -0.15) is 28.7 Å². The van der Waals surface area contributed by atoms with E-state index in [2.05, 4.69) is 34.4 Å². The van der Waals surface area contributed by atoms with Gasteiger partial charge in [0.1, 0.15) is 36.6 Å². The fraction of sp³-hybridized carbons (Fsp3) is 0.500. The van der Waals surface area contributed by atoms with Gasteiger partial charge >= 0.3 is 20.0 Å². The number of phosphoric ester groups is 1. The maximum absolute atomic E-state index is 13.3. The third-order valence-electron chi connectivity index (χ3n) is 6.65. The Balaban J connectivity index is 0.000000177. The maximum atomic E-state index is 13.3. The van der Waals surface area contributed by atoms with Gasteiger partial charge in [-0.3, -0.25) is 13.7 Å². The summed E-state index contributed by atoms with van der Waals surface area (Å²) in [6.07, 6.45) is -9.84. The molecule has 24 heteroatoms. The number of aliphatic hydroxyl groups is 5. The standard InChI is InChI=1S/C10H13FN5O7P.C10H12FN5O4/c11-10-14-7(12)4-8(15-10)16(2-13-4)9-6(18)5(17)3(23-9)1-22-24(19,20)21;11-10-14-7(12)4-8(15-10)16(2-13-4)9-6(19)5(18)3(1-17)20-9/h2-3,5-6,9,17-18H,1H2,(H2,12,14,15)(H2,19,20,21);2-3,5-6,9,17-19H,1H2,(H2,12,14,15)/t2*3-,5?,6-,9-/m11/s1. The zero-order valence-electron chi connectivity index (χ0n) is 21.9. The van der Waals surface area contributed by atoms with Crippen molar-refractivity contribution < 1.29 is 62.7 Å². The molecule has 2 fully saturated rings. The van der Waals surface area contributed by atoms with Gasteiger partial charge in [-0.05, 0) is 0 Å². The molecule has 0 amide bonds. The molecule has 11 N–H and O–H groups in total. The van der Waals surface area contributed by atoms with Crippen molar-refractivity contribution in [3.63, 3.8) is 0 Å². The molecular formula is C20H25F2N10O11P. The summed E-state index contributed by atoms with van der Waals surface area (Å²) in [5, 5.41) is 48.7. The van der Waals surface area contributed by atoms with E-state index in [1.807, 2.05) is 0 Å². The molecule has 2 saturated heterocycles. The van der Waals surface area contributed by atoms with Gasteiger partial charge < -0.3 is 56.3 Å². The Hall–Kier alpha value is -3.61. The normalized spacial score (nSPS) is 28.9. The molecule has 2 aliphatic rings. The van der Waals surface area contributed by atoms with Gasteiger partial charge in [-0.15, -0.1) is 0 Å². The average molecular weight is 650 g/mol. The van der Waals surface area contributed by atoms with E-state index in [1.165, 1.54) is 10.9 Å². The first-order chi connectivity index (χ1) is 20.7. The van der Waals surface area contributed by atoms with Crippen LogP contribution in [0.4, 0.5) is 20.4 Å². The number of nitrogen functional groups attached to an aromatic ring is 2. The molecule has 0 saturated carbocycles. The highest BCUT2D eigenvalue weighted by atomic mass is 31.2. The Bertz CT molecular complexity index is 1710. The number of rotatable bonds is 6. The van der Waals surface area contributed by atoms with Gasteiger partial charge in [0.25, 0.3) is 0 Å². The average Bonchev–Trinajstić information content (AvgIpc) is 3.69. The Kier molecular flexibility index (Phi) is 8.71. The van der Waals surface area contributed by atoms with Crippen LogP contribution in [0.5, 0.6) is 0 Å². The largest absolute Gasteiger partial charge is 0.469 e. The molecule has 2 unspecified atom stereocenters. The van der Waals surface area contributed by atoms with Crippen LogP contribution in [0.3, 0.4) is 0 Å². The number of aliphatic hydroxyl groups excluding tert-OH is 5. The zero-order chi connectivity index (χ0) is 32.1. The second kappa shape index (κ2) is 12.1. The van der Waals surface area contributed by atoms with E-state index in [0.717, 1.165) is 10.9 Å². The minimum atomic E-state index is -4.78. The van der Waals surface area contributed by atoms with Crippen molar-refractivity contribution in [1.29, 1.82) is 0 Å². The molecule has 4 aromatic rings. The minimum Gasteiger partial charge on any atom is -0.394 e. The van der Waals surface area contributed by atoms with Gasteiger partial charge in [0, 0.05) is 0 Å². The lowest BCUT2D eigenvalue weighted by Gasteiger charge is -2.16. The number of imidazole rings is 2. The summed E-state index contributed by atoms with van der Waals surface area (Å²) in [7, 11) is -4.78. The highest BCUT2D eigenvalue weighted by Crippen LogP contribution is 2.39. The van der Waals surface area contributed by atoms with E-state index in [9.17, 15) is 33.8 Å². The van der Waals surface area contributed by atoms with Crippen LogP contribution in [0, 0.1) is 12.2 Å². The first-order valence-corrected chi connectivity index (χ1v) is 13.9. The lowest BCUT2D eigenvalue weighted by Crippen LogP contribution is -2.33. The quantitative estimate of drug-likeness (QED) is 0.0719. The lowest BCUT2D eigenvalue weighted by molar-refractivity contribution is -0.0511. The van der Waals surface area contributed by atoms with Crippen molar-refractivity contribution in [1.82, 2.24) is 39.0 Å². The summed E-state index contributed by atoms with van der Waals surface area (Å²) in [4.78, 5) is 38.9. The fourth-order valence-corrected chi connectivity index (χ4v) is 4.91. The molecular weight excluding hydrogens is 625 g/mol. The zero-order valence-corrected chi connectivity index (χ0v) is 22.8. The van der Waals surface area contributed by atoms with Crippen molar-refractivity contribution in [3.8, 4) is 0 Å². The molecule has 0 radical (unpaired) electrons. The molecule has 21 nitrogen and oxygen atoms in total. The number of hydrogen-bond donors (Lipinski definition) is 9. The second-order valence-corrected chi connectivity index (χ2v) is 10.7. The number of nitrogens with zero attached hydrogens (tertiary/aromatic N) is 8. The summed E-state index contributed by atoms with van der Waals surface area (Å²) < 4.78 is 54.6. The number of ether oxygens (including phenoxy) is 2. The molecule has 240 valence electrons. The predicted molar refractivity (Wildman–Crippen MR) is 136 cm³/mol. The molecule has 0 spiro atoms. The van der Waals surface area contributed by atoms with E-state index in [4.69, 9.17) is 35.8 Å². The highest BCUT2D eigenvalue weighted by Gasteiger charge is 2.46. The first-order valence-electron chi connectivity index (χ1n) is 12.3. The van der Waals surface area contributed by atoms with Gasteiger partial charge in [0.2, 0.25) is 0 Å². The van der Waals surface area contributed by atoms with Crippen LogP contribution in [0.1, 0.15) is 12.5 Å². The Labute approximate surface area is 242 Å². The molecule has 8 atom stereocenters. The second-order valence-electron chi connectivity index (χ2n) is 9.47. The predicted octanol–water partition coefficient (Wildman–Crippen LogP) is -3.56. The molecule has 44 heavy (non-hydrogen) atoms. The van der Waals surface area contributed by atoms with Crippen LogP contribution in [-0.4, -0.2) is 124 Å². The topological polar surface area (TPSA) is 326 Å².